The molecule has 1 rings (SSSR count). The third-order valence-corrected chi connectivity index (χ3v) is 2.79. The highest BCUT2D eigenvalue weighted by Crippen LogP contribution is 2.14. The fourth-order valence-electron chi connectivity index (χ4n) is 1.40. The molecule has 1 saturated heterocycles. The standard InChI is InChI=1S/C9H17NO2.C5H10O2/c1-9(2,3)12-8(11)10-6-4-5-7-10;1-3-4(2)5(6)7/h4-7H2,1-3H3;4H,3H2,1-2H3,(H,6,7). The average molecular weight is 273 g/mol. The summed E-state index contributed by atoms with van der Waals surface area (Å²) in [6.45, 7) is 10.9. The van der Waals surface area contributed by atoms with Gasteiger partial charge >= 0.3 is 12.1 Å². The monoisotopic (exact) mass is 273 g/mol. The summed E-state index contributed by atoms with van der Waals surface area (Å²) in [6, 6.07) is 0. The lowest BCUT2D eigenvalue weighted by atomic mass is 10.1. The number of hydrogen-bond acceptors (Lipinski definition) is 3. The third kappa shape index (κ3) is 8.46. The van der Waals surface area contributed by atoms with E-state index in [0.29, 0.717) is 0 Å². The van der Waals surface area contributed by atoms with Crippen molar-refractivity contribution >= 4 is 12.1 Å². The first-order chi connectivity index (χ1) is 8.67. The van der Waals surface area contributed by atoms with Crippen LogP contribution in [-0.4, -0.2) is 40.8 Å². The van der Waals surface area contributed by atoms with E-state index in [1.807, 2.05) is 27.7 Å². The van der Waals surface area contributed by atoms with Crippen molar-refractivity contribution < 1.29 is 19.4 Å². The molecule has 1 atom stereocenters. The van der Waals surface area contributed by atoms with Gasteiger partial charge in [-0.15, -0.1) is 0 Å². The lowest BCUT2D eigenvalue weighted by molar-refractivity contribution is -0.141. The Hall–Kier alpha value is -1.26. The molecule has 1 heterocycles. The first-order valence-electron chi connectivity index (χ1n) is 6.88. The molecular formula is C14H27NO4. The smallest absolute Gasteiger partial charge is 0.410 e. The van der Waals surface area contributed by atoms with Crippen molar-refractivity contribution in [2.24, 2.45) is 5.92 Å². The molecule has 1 aliphatic rings. The molecule has 0 spiro atoms. The van der Waals surface area contributed by atoms with Crippen molar-refractivity contribution in [1.82, 2.24) is 4.90 Å². The Kier molecular flexibility index (Phi) is 7.49. The molecule has 112 valence electrons. The fraction of sp³-hybridized carbons (Fsp3) is 0.857. The van der Waals surface area contributed by atoms with Gasteiger partial charge < -0.3 is 14.7 Å². The predicted octanol–water partition coefficient (Wildman–Crippen LogP) is 3.13. The normalized spacial score (nSPS) is 16.4. The Labute approximate surface area is 115 Å². The maximum absolute atomic E-state index is 11.4. The Bertz CT molecular complexity index is 290. The molecule has 0 saturated carbocycles. The van der Waals surface area contributed by atoms with E-state index in [0.717, 1.165) is 32.4 Å². The number of nitrogens with zero attached hydrogens (tertiary/aromatic N) is 1. The maximum atomic E-state index is 11.4. The van der Waals surface area contributed by atoms with Crippen LogP contribution in [0.15, 0.2) is 0 Å². The summed E-state index contributed by atoms with van der Waals surface area (Å²) in [5.41, 5.74) is -0.361. The number of carbonyl (C=O) groups excluding carboxylic acids is 1. The van der Waals surface area contributed by atoms with Gasteiger partial charge in [0.1, 0.15) is 5.60 Å². The van der Waals surface area contributed by atoms with Gasteiger partial charge in [0, 0.05) is 13.1 Å². The van der Waals surface area contributed by atoms with Crippen LogP contribution >= 0.6 is 0 Å². The second-order valence-corrected chi connectivity index (χ2v) is 5.82. The van der Waals surface area contributed by atoms with Crippen LogP contribution in [0, 0.1) is 5.92 Å². The molecule has 1 fully saturated rings. The second-order valence-electron chi connectivity index (χ2n) is 5.82. The molecular weight excluding hydrogens is 246 g/mol. The van der Waals surface area contributed by atoms with Crippen molar-refractivity contribution in [1.29, 1.82) is 0 Å². The van der Waals surface area contributed by atoms with E-state index < -0.39 is 5.97 Å². The van der Waals surface area contributed by atoms with Gasteiger partial charge in [0.2, 0.25) is 0 Å². The van der Waals surface area contributed by atoms with Crippen molar-refractivity contribution in [3.05, 3.63) is 0 Å². The minimum atomic E-state index is -0.706. The summed E-state index contributed by atoms with van der Waals surface area (Å²) in [7, 11) is 0. The maximum Gasteiger partial charge on any atom is 0.410 e. The van der Waals surface area contributed by atoms with Gasteiger partial charge in [-0.3, -0.25) is 4.79 Å². The van der Waals surface area contributed by atoms with E-state index in [4.69, 9.17) is 9.84 Å². The number of likely N-dealkylation sites (tertiary alicyclic amines) is 1. The Morgan fingerprint density at radius 3 is 2.00 bits per heavy atom. The number of hydrogen-bond donors (Lipinski definition) is 1. The molecule has 0 aromatic rings. The molecule has 0 aliphatic carbocycles. The molecule has 5 nitrogen and oxygen atoms in total. The minimum Gasteiger partial charge on any atom is -0.481 e. The topological polar surface area (TPSA) is 66.8 Å². The highest BCUT2D eigenvalue weighted by molar-refractivity contribution is 5.69. The van der Waals surface area contributed by atoms with Crippen LogP contribution in [0.25, 0.3) is 0 Å². The Morgan fingerprint density at radius 2 is 1.74 bits per heavy atom. The molecule has 0 radical (unpaired) electrons. The number of rotatable bonds is 2. The SMILES string of the molecule is CC(C)(C)OC(=O)N1CCCC1.CCC(C)C(=O)O. The molecule has 0 aromatic heterocycles. The average Bonchev–Trinajstić information content (AvgIpc) is 2.79. The van der Waals surface area contributed by atoms with E-state index in [1.54, 1.807) is 11.8 Å². The van der Waals surface area contributed by atoms with E-state index in [1.165, 1.54) is 0 Å². The summed E-state index contributed by atoms with van der Waals surface area (Å²) in [5.74, 6) is -0.887. The first kappa shape index (κ1) is 17.7. The summed E-state index contributed by atoms with van der Waals surface area (Å²) in [6.07, 6.45) is 2.77. The second kappa shape index (κ2) is 8.02. The fourth-order valence-corrected chi connectivity index (χ4v) is 1.40. The highest BCUT2D eigenvalue weighted by Gasteiger charge is 2.23. The van der Waals surface area contributed by atoms with E-state index in [-0.39, 0.29) is 17.6 Å². The molecule has 19 heavy (non-hydrogen) atoms. The predicted molar refractivity (Wildman–Crippen MR) is 74.1 cm³/mol. The van der Waals surface area contributed by atoms with Crippen LogP contribution in [0.2, 0.25) is 0 Å². The zero-order chi connectivity index (χ0) is 15.1. The van der Waals surface area contributed by atoms with Gasteiger partial charge in [0.25, 0.3) is 0 Å². The number of carbonyl (C=O) groups is 2. The minimum absolute atomic E-state index is 0.167. The van der Waals surface area contributed by atoms with Crippen LogP contribution in [0.5, 0.6) is 0 Å². The van der Waals surface area contributed by atoms with Crippen LogP contribution in [0.1, 0.15) is 53.9 Å². The van der Waals surface area contributed by atoms with E-state index in [2.05, 4.69) is 0 Å². The first-order valence-corrected chi connectivity index (χ1v) is 6.88. The lowest BCUT2D eigenvalue weighted by Crippen LogP contribution is -2.34. The van der Waals surface area contributed by atoms with Gasteiger partial charge in [-0.2, -0.15) is 0 Å². The Balaban J connectivity index is 0.000000399. The van der Waals surface area contributed by atoms with Crippen molar-refractivity contribution in [3.8, 4) is 0 Å². The van der Waals surface area contributed by atoms with Gasteiger partial charge in [-0.1, -0.05) is 13.8 Å². The summed E-state index contributed by atoms with van der Waals surface area (Å²) >= 11 is 0. The summed E-state index contributed by atoms with van der Waals surface area (Å²) in [5, 5.41) is 8.18. The quantitative estimate of drug-likeness (QED) is 0.839. The summed E-state index contributed by atoms with van der Waals surface area (Å²) in [4.78, 5) is 23.1. The lowest BCUT2D eigenvalue weighted by Gasteiger charge is -2.23. The van der Waals surface area contributed by atoms with Crippen LogP contribution < -0.4 is 0 Å². The van der Waals surface area contributed by atoms with Crippen LogP contribution in [-0.2, 0) is 9.53 Å². The van der Waals surface area contributed by atoms with Crippen LogP contribution in [0.3, 0.4) is 0 Å². The number of amides is 1. The van der Waals surface area contributed by atoms with Crippen LogP contribution in [0.4, 0.5) is 4.79 Å². The van der Waals surface area contributed by atoms with Crippen molar-refractivity contribution in [3.63, 3.8) is 0 Å². The molecule has 0 aromatic carbocycles. The number of aliphatic carboxylic acids is 1. The molecule has 0 bridgehead atoms. The molecule has 5 heteroatoms. The molecule has 1 aliphatic heterocycles. The molecule has 1 N–H and O–H groups in total. The zero-order valence-electron chi connectivity index (χ0n) is 12.7. The largest absolute Gasteiger partial charge is 0.481 e. The van der Waals surface area contributed by atoms with Crippen molar-refractivity contribution in [2.75, 3.05) is 13.1 Å². The molecule has 1 amide bonds. The van der Waals surface area contributed by atoms with E-state index in [9.17, 15) is 9.59 Å². The van der Waals surface area contributed by atoms with Gasteiger partial charge in [0.05, 0.1) is 5.92 Å². The zero-order valence-corrected chi connectivity index (χ0v) is 12.7. The third-order valence-electron chi connectivity index (χ3n) is 2.79. The van der Waals surface area contributed by atoms with Gasteiger partial charge in [0.15, 0.2) is 0 Å². The number of ether oxygens (including phenoxy) is 1. The molecule has 1 unspecified atom stereocenters. The van der Waals surface area contributed by atoms with Gasteiger partial charge in [-0.05, 0) is 40.0 Å². The Morgan fingerprint density at radius 1 is 1.26 bits per heavy atom. The number of carboxylic acid groups (broad SMARTS) is 1. The van der Waals surface area contributed by atoms with Crippen molar-refractivity contribution in [2.45, 2.75) is 59.5 Å². The highest BCUT2D eigenvalue weighted by atomic mass is 16.6. The van der Waals surface area contributed by atoms with Gasteiger partial charge in [-0.25, -0.2) is 4.79 Å². The summed E-state index contributed by atoms with van der Waals surface area (Å²) < 4.78 is 5.21. The number of carboxylic acids is 1. The van der Waals surface area contributed by atoms with E-state index >= 15 is 0 Å².